The average molecular weight is 343 g/mol. The van der Waals surface area contributed by atoms with Crippen molar-refractivity contribution in [3.63, 3.8) is 0 Å². The second-order valence-corrected chi connectivity index (χ2v) is 7.76. The molecule has 0 unspecified atom stereocenters. The van der Waals surface area contributed by atoms with Crippen LogP contribution in [0.5, 0.6) is 0 Å². The van der Waals surface area contributed by atoms with Gasteiger partial charge >= 0.3 is 0 Å². The molecule has 1 N–H and O–H groups in total. The summed E-state index contributed by atoms with van der Waals surface area (Å²) < 4.78 is 0. The second-order valence-electron chi connectivity index (χ2n) is 6.87. The fourth-order valence-electron chi connectivity index (χ4n) is 3.45. The van der Waals surface area contributed by atoms with E-state index < -0.39 is 0 Å². The third-order valence-electron chi connectivity index (χ3n) is 4.84. The van der Waals surface area contributed by atoms with Gasteiger partial charge in [0, 0.05) is 36.7 Å². The summed E-state index contributed by atoms with van der Waals surface area (Å²) in [6, 6.07) is 3.96. The van der Waals surface area contributed by atoms with E-state index in [-0.39, 0.29) is 11.3 Å². The number of carbonyl (C=O) groups excluding carboxylic acids is 1. The molecule has 1 aliphatic carbocycles. The highest BCUT2D eigenvalue weighted by atomic mass is 32.1. The number of thiazole rings is 1. The largest absolute Gasteiger partial charge is 0.355 e. The van der Waals surface area contributed by atoms with Crippen molar-refractivity contribution in [2.75, 3.05) is 6.54 Å². The molecule has 0 spiro atoms. The number of nitrogens with zero attached hydrogens (tertiary/aromatic N) is 2. The van der Waals surface area contributed by atoms with Gasteiger partial charge in [-0.1, -0.05) is 32.8 Å². The van der Waals surface area contributed by atoms with Crippen molar-refractivity contribution in [3.05, 3.63) is 46.2 Å². The molecule has 1 fully saturated rings. The van der Waals surface area contributed by atoms with Crippen LogP contribution in [0.15, 0.2) is 29.9 Å². The molecule has 0 saturated heterocycles. The normalized spacial score (nSPS) is 16.5. The number of rotatable bonds is 6. The molecule has 2 aromatic rings. The smallest absolute Gasteiger partial charge is 0.230 e. The Labute approximate surface area is 147 Å². The summed E-state index contributed by atoms with van der Waals surface area (Å²) in [7, 11) is 0. The number of aromatic nitrogens is 2. The Balaban J connectivity index is 1.62. The zero-order chi connectivity index (χ0) is 17.0. The van der Waals surface area contributed by atoms with Crippen molar-refractivity contribution in [3.8, 4) is 0 Å². The first-order valence-electron chi connectivity index (χ1n) is 8.75. The molecular formula is C19H25N3OS. The van der Waals surface area contributed by atoms with Crippen LogP contribution >= 0.6 is 11.3 Å². The molecule has 3 rings (SSSR count). The summed E-state index contributed by atoms with van der Waals surface area (Å²) in [6.07, 6.45) is 8.44. The van der Waals surface area contributed by atoms with Gasteiger partial charge in [-0.2, -0.15) is 0 Å². The second kappa shape index (κ2) is 7.43. The lowest BCUT2D eigenvalue weighted by Crippen LogP contribution is -2.43. The highest BCUT2D eigenvalue weighted by Crippen LogP contribution is 2.41. The van der Waals surface area contributed by atoms with E-state index >= 15 is 0 Å². The molecule has 24 heavy (non-hydrogen) atoms. The van der Waals surface area contributed by atoms with Crippen molar-refractivity contribution in [2.24, 2.45) is 0 Å². The summed E-state index contributed by atoms with van der Waals surface area (Å²) in [6.45, 7) is 4.95. The number of carbonyl (C=O) groups is 1. The Morgan fingerprint density at radius 1 is 1.38 bits per heavy atom. The molecule has 2 heterocycles. The Hall–Kier alpha value is -1.75. The van der Waals surface area contributed by atoms with Gasteiger partial charge in [0.15, 0.2) is 0 Å². The maximum Gasteiger partial charge on any atom is 0.230 e. The summed E-state index contributed by atoms with van der Waals surface area (Å²) in [5.74, 6) is 0.609. The number of nitrogens with one attached hydrogen (secondary N) is 1. The highest BCUT2D eigenvalue weighted by molar-refractivity contribution is 7.09. The molecule has 4 nitrogen and oxygen atoms in total. The fraction of sp³-hybridized carbons (Fsp3) is 0.526. The minimum absolute atomic E-state index is 0.146. The van der Waals surface area contributed by atoms with Gasteiger partial charge in [-0.05, 0) is 24.5 Å². The number of hydrogen-bond donors (Lipinski definition) is 1. The zero-order valence-electron chi connectivity index (χ0n) is 14.4. The van der Waals surface area contributed by atoms with Crippen LogP contribution in [-0.4, -0.2) is 22.4 Å². The van der Waals surface area contributed by atoms with E-state index in [4.69, 9.17) is 0 Å². The Morgan fingerprint density at radius 2 is 2.17 bits per heavy atom. The first kappa shape index (κ1) is 17.1. The predicted molar refractivity (Wildman–Crippen MR) is 97.3 cm³/mol. The molecule has 0 atom stereocenters. The van der Waals surface area contributed by atoms with E-state index in [1.165, 1.54) is 5.01 Å². The lowest BCUT2D eigenvalue weighted by atomic mass is 9.78. The quantitative estimate of drug-likeness (QED) is 0.867. The first-order chi connectivity index (χ1) is 11.6. The van der Waals surface area contributed by atoms with Gasteiger partial charge in [0.05, 0.1) is 16.1 Å². The van der Waals surface area contributed by atoms with Gasteiger partial charge in [-0.15, -0.1) is 11.3 Å². The summed E-state index contributed by atoms with van der Waals surface area (Å²) in [4.78, 5) is 21.8. The highest BCUT2D eigenvalue weighted by Gasteiger charge is 2.42. The van der Waals surface area contributed by atoms with Crippen molar-refractivity contribution in [2.45, 2.75) is 57.3 Å². The van der Waals surface area contributed by atoms with Crippen LogP contribution in [0.1, 0.15) is 61.7 Å². The molecule has 0 radical (unpaired) electrons. The van der Waals surface area contributed by atoms with E-state index in [2.05, 4.69) is 34.5 Å². The van der Waals surface area contributed by atoms with Gasteiger partial charge in [-0.25, -0.2) is 4.98 Å². The van der Waals surface area contributed by atoms with Crippen molar-refractivity contribution < 1.29 is 4.79 Å². The molecular weight excluding hydrogens is 318 g/mol. The molecule has 0 bridgehead atoms. The zero-order valence-corrected chi connectivity index (χ0v) is 15.2. The van der Waals surface area contributed by atoms with Crippen LogP contribution < -0.4 is 5.32 Å². The molecule has 5 heteroatoms. The van der Waals surface area contributed by atoms with Crippen molar-refractivity contribution in [1.29, 1.82) is 0 Å². The first-order valence-corrected chi connectivity index (χ1v) is 9.63. The SMILES string of the molecule is CC(C)c1nc(CCNC(=O)C2(c3cccnc3)CCCC2)cs1. The van der Waals surface area contributed by atoms with Crippen LogP contribution in [0.2, 0.25) is 0 Å². The minimum atomic E-state index is -0.389. The number of amides is 1. The molecule has 0 aliphatic heterocycles. The van der Waals surface area contributed by atoms with Gasteiger partial charge in [-0.3, -0.25) is 9.78 Å². The summed E-state index contributed by atoms with van der Waals surface area (Å²) >= 11 is 1.71. The Kier molecular flexibility index (Phi) is 5.29. The van der Waals surface area contributed by atoms with E-state index in [1.54, 1.807) is 17.5 Å². The van der Waals surface area contributed by atoms with Crippen LogP contribution in [0.25, 0.3) is 0 Å². The summed E-state index contributed by atoms with van der Waals surface area (Å²) in [5.41, 5.74) is 1.74. The maximum atomic E-state index is 12.9. The third kappa shape index (κ3) is 3.51. The topological polar surface area (TPSA) is 54.9 Å². The number of hydrogen-bond acceptors (Lipinski definition) is 4. The van der Waals surface area contributed by atoms with Crippen molar-refractivity contribution >= 4 is 17.2 Å². The van der Waals surface area contributed by atoms with E-state index in [0.717, 1.165) is 43.4 Å². The van der Waals surface area contributed by atoms with Crippen LogP contribution in [0.3, 0.4) is 0 Å². The van der Waals surface area contributed by atoms with E-state index in [1.807, 2.05) is 18.3 Å². The molecule has 1 saturated carbocycles. The van der Waals surface area contributed by atoms with Gasteiger partial charge in [0.2, 0.25) is 5.91 Å². The van der Waals surface area contributed by atoms with E-state index in [9.17, 15) is 4.79 Å². The number of pyridine rings is 1. The van der Waals surface area contributed by atoms with Gasteiger partial charge < -0.3 is 5.32 Å². The van der Waals surface area contributed by atoms with Crippen molar-refractivity contribution in [1.82, 2.24) is 15.3 Å². The Bertz CT molecular complexity index is 675. The molecule has 1 aliphatic rings. The standard InChI is InChI=1S/C19H25N3OS/c1-14(2)17-22-16(13-24-17)7-11-21-18(23)19(8-3-4-9-19)15-6-5-10-20-12-15/h5-6,10,12-14H,3-4,7-9,11H2,1-2H3,(H,21,23). The predicted octanol–water partition coefficient (Wildman–Crippen LogP) is 3.83. The third-order valence-corrected chi connectivity index (χ3v) is 6.03. The maximum absolute atomic E-state index is 12.9. The molecule has 1 amide bonds. The average Bonchev–Trinajstić information content (AvgIpc) is 3.26. The lowest BCUT2D eigenvalue weighted by Gasteiger charge is -2.27. The molecule has 0 aromatic carbocycles. The fourth-order valence-corrected chi connectivity index (χ4v) is 4.32. The van der Waals surface area contributed by atoms with Crippen LogP contribution in [-0.2, 0) is 16.6 Å². The van der Waals surface area contributed by atoms with Gasteiger partial charge in [0.1, 0.15) is 0 Å². The van der Waals surface area contributed by atoms with Gasteiger partial charge in [0.25, 0.3) is 0 Å². The molecule has 128 valence electrons. The van der Waals surface area contributed by atoms with E-state index in [0.29, 0.717) is 12.5 Å². The monoisotopic (exact) mass is 343 g/mol. The van der Waals surface area contributed by atoms with Crippen LogP contribution in [0.4, 0.5) is 0 Å². The Morgan fingerprint density at radius 3 is 2.79 bits per heavy atom. The molecule has 2 aromatic heterocycles. The van der Waals surface area contributed by atoms with Crippen LogP contribution in [0, 0.1) is 0 Å². The lowest BCUT2D eigenvalue weighted by molar-refractivity contribution is -0.126. The summed E-state index contributed by atoms with van der Waals surface area (Å²) in [5, 5.41) is 6.42. The minimum Gasteiger partial charge on any atom is -0.355 e.